The van der Waals surface area contributed by atoms with Gasteiger partial charge in [-0.15, -0.1) is 0 Å². The molecule has 1 aromatic rings. The molecule has 1 aliphatic rings. The summed E-state index contributed by atoms with van der Waals surface area (Å²) in [4.78, 5) is 0. The highest BCUT2D eigenvalue weighted by atomic mass is 35.5. The maximum Gasteiger partial charge on any atom is 0.0995 e. The van der Waals surface area contributed by atoms with Crippen molar-refractivity contribution < 1.29 is 0 Å². The molecule has 2 N–H and O–H groups in total. The van der Waals surface area contributed by atoms with E-state index in [-0.39, 0.29) is 6.04 Å². The van der Waals surface area contributed by atoms with E-state index >= 15 is 0 Å². The van der Waals surface area contributed by atoms with Crippen LogP contribution in [0.25, 0.3) is 0 Å². The lowest BCUT2D eigenvalue weighted by Crippen LogP contribution is -2.13. The summed E-state index contributed by atoms with van der Waals surface area (Å²) in [5.41, 5.74) is 7.57. The predicted molar refractivity (Wildman–Crippen MR) is 55.8 cm³/mol. The first-order chi connectivity index (χ1) is 6.72. The lowest BCUT2D eigenvalue weighted by atomic mass is 9.98. The van der Waals surface area contributed by atoms with E-state index in [1.165, 1.54) is 12.8 Å². The van der Waals surface area contributed by atoms with E-state index in [1.807, 2.05) is 6.07 Å². The topological polar surface area (TPSA) is 49.8 Å². The summed E-state index contributed by atoms with van der Waals surface area (Å²) in [5.74, 6) is 0.542. The Morgan fingerprint density at radius 2 is 2.21 bits per heavy atom. The van der Waals surface area contributed by atoms with Crippen LogP contribution in [0.15, 0.2) is 18.2 Å². The van der Waals surface area contributed by atoms with Crippen LogP contribution in [0.4, 0.5) is 0 Å². The fourth-order valence-corrected chi connectivity index (χ4v) is 1.80. The van der Waals surface area contributed by atoms with Crippen molar-refractivity contribution in [2.24, 2.45) is 11.7 Å². The molecule has 0 aliphatic heterocycles. The molecule has 0 radical (unpaired) electrons. The van der Waals surface area contributed by atoms with Crippen LogP contribution in [0.5, 0.6) is 0 Å². The average Bonchev–Trinajstić information content (AvgIpc) is 3.00. The van der Waals surface area contributed by atoms with Crippen molar-refractivity contribution >= 4 is 11.6 Å². The molecule has 2 rings (SSSR count). The number of nitriles is 1. The Morgan fingerprint density at radius 1 is 1.50 bits per heavy atom. The summed E-state index contributed by atoms with van der Waals surface area (Å²) < 4.78 is 0. The van der Waals surface area contributed by atoms with Crippen LogP contribution in [0, 0.1) is 17.2 Å². The quantitative estimate of drug-likeness (QED) is 0.809. The molecule has 1 aromatic carbocycles. The van der Waals surface area contributed by atoms with Crippen LogP contribution in [0.3, 0.4) is 0 Å². The zero-order chi connectivity index (χ0) is 10.1. The van der Waals surface area contributed by atoms with Crippen molar-refractivity contribution in [3.8, 4) is 6.07 Å². The molecule has 0 saturated heterocycles. The van der Waals surface area contributed by atoms with Gasteiger partial charge in [0.05, 0.1) is 11.6 Å². The Balaban J connectivity index is 2.38. The van der Waals surface area contributed by atoms with Gasteiger partial charge in [0.15, 0.2) is 0 Å². The third-order valence-electron chi connectivity index (χ3n) is 2.62. The van der Waals surface area contributed by atoms with E-state index in [0.717, 1.165) is 5.56 Å². The molecule has 1 atom stereocenters. The highest BCUT2D eigenvalue weighted by Gasteiger charge is 2.30. The van der Waals surface area contributed by atoms with E-state index in [9.17, 15) is 0 Å². The van der Waals surface area contributed by atoms with Gasteiger partial charge >= 0.3 is 0 Å². The minimum absolute atomic E-state index is 0.0247. The molecule has 0 aromatic heterocycles. The maximum absolute atomic E-state index is 8.91. The molecule has 0 spiro atoms. The SMILES string of the molecule is N#Cc1ccc(Cl)cc1C(N)C1CC1. The van der Waals surface area contributed by atoms with Gasteiger partial charge in [0.1, 0.15) is 0 Å². The van der Waals surface area contributed by atoms with Gasteiger partial charge in [0, 0.05) is 11.1 Å². The van der Waals surface area contributed by atoms with Gasteiger partial charge < -0.3 is 5.73 Å². The van der Waals surface area contributed by atoms with E-state index < -0.39 is 0 Å². The van der Waals surface area contributed by atoms with E-state index in [2.05, 4.69) is 6.07 Å². The van der Waals surface area contributed by atoms with Crippen LogP contribution >= 0.6 is 11.6 Å². The van der Waals surface area contributed by atoms with Crippen LogP contribution in [-0.2, 0) is 0 Å². The molecule has 1 fully saturated rings. The fourth-order valence-electron chi connectivity index (χ4n) is 1.62. The Morgan fingerprint density at radius 3 is 2.79 bits per heavy atom. The van der Waals surface area contributed by atoms with Gasteiger partial charge in [-0.05, 0) is 42.5 Å². The standard InChI is InChI=1S/C11H11ClN2/c12-9-4-3-8(6-13)10(5-9)11(14)7-1-2-7/h3-5,7,11H,1-2,14H2. The van der Waals surface area contributed by atoms with Gasteiger partial charge in [0.2, 0.25) is 0 Å². The van der Waals surface area contributed by atoms with Gasteiger partial charge in [0.25, 0.3) is 0 Å². The number of rotatable bonds is 2. The summed E-state index contributed by atoms with van der Waals surface area (Å²) in [6, 6.07) is 7.39. The second kappa shape index (κ2) is 3.61. The second-order valence-electron chi connectivity index (χ2n) is 3.71. The smallest absolute Gasteiger partial charge is 0.0995 e. The minimum atomic E-state index is -0.0247. The monoisotopic (exact) mass is 206 g/mol. The Kier molecular flexibility index (Phi) is 2.45. The summed E-state index contributed by atoms with van der Waals surface area (Å²) in [6.45, 7) is 0. The summed E-state index contributed by atoms with van der Waals surface area (Å²) >= 11 is 5.88. The number of nitrogens with two attached hydrogens (primary N) is 1. The molecular weight excluding hydrogens is 196 g/mol. The number of benzene rings is 1. The summed E-state index contributed by atoms with van der Waals surface area (Å²) in [5, 5.41) is 9.56. The van der Waals surface area contributed by atoms with E-state index in [1.54, 1.807) is 12.1 Å². The molecule has 1 aliphatic carbocycles. The second-order valence-corrected chi connectivity index (χ2v) is 4.14. The van der Waals surface area contributed by atoms with Gasteiger partial charge in [-0.2, -0.15) is 5.26 Å². The van der Waals surface area contributed by atoms with Gasteiger partial charge in [-0.25, -0.2) is 0 Å². The molecule has 14 heavy (non-hydrogen) atoms. The number of hydrogen-bond acceptors (Lipinski definition) is 2. The molecule has 72 valence electrons. The van der Waals surface area contributed by atoms with Crippen LogP contribution in [0.1, 0.15) is 30.0 Å². The largest absolute Gasteiger partial charge is 0.324 e. The lowest BCUT2D eigenvalue weighted by Gasteiger charge is -2.12. The molecule has 1 saturated carbocycles. The Bertz CT molecular complexity index is 391. The zero-order valence-corrected chi connectivity index (χ0v) is 8.46. The average molecular weight is 207 g/mol. The van der Waals surface area contributed by atoms with Crippen molar-refractivity contribution in [1.82, 2.24) is 0 Å². The van der Waals surface area contributed by atoms with Crippen molar-refractivity contribution in [1.29, 1.82) is 5.26 Å². The predicted octanol–water partition coefficient (Wildman–Crippen LogP) is 2.62. The van der Waals surface area contributed by atoms with Crippen LogP contribution < -0.4 is 5.73 Å². The summed E-state index contributed by atoms with van der Waals surface area (Å²) in [6.07, 6.45) is 2.33. The fraction of sp³-hybridized carbons (Fsp3) is 0.364. The van der Waals surface area contributed by atoms with Crippen molar-refractivity contribution in [2.75, 3.05) is 0 Å². The first kappa shape index (κ1) is 9.51. The molecule has 2 nitrogen and oxygen atoms in total. The van der Waals surface area contributed by atoms with Crippen molar-refractivity contribution in [2.45, 2.75) is 18.9 Å². The maximum atomic E-state index is 8.91. The van der Waals surface area contributed by atoms with Gasteiger partial charge in [-0.1, -0.05) is 11.6 Å². The number of hydrogen-bond donors (Lipinski definition) is 1. The van der Waals surface area contributed by atoms with Crippen LogP contribution in [0.2, 0.25) is 5.02 Å². The molecule has 0 amide bonds. The third kappa shape index (κ3) is 1.75. The molecule has 0 heterocycles. The zero-order valence-electron chi connectivity index (χ0n) is 7.70. The van der Waals surface area contributed by atoms with E-state index in [4.69, 9.17) is 22.6 Å². The first-order valence-corrected chi connectivity index (χ1v) is 5.05. The van der Waals surface area contributed by atoms with Crippen LogP contribution in [-0.4, -0.2) is 0 Å². The Labute approximate surface area is 88.3 Å². The molecule has 1 unspecified atom stereocenters. The Hall–Kier alpha value is -1.04. The van der Waals surface area contributed by atoms with E-state index in [0.29, 0.717) is 16.5 Å². The van der Waals surface area contributed by atoms with Crippen molar-refractivity contribution in [3.05, 3.63) is 34.3 Å². The lowest BCUT2D eigenvalue weighted by molar-refractivity contribution is 0.632. The normalized spacial score (nSPS) is 17.5. The molecule has 0 bridgehead atoms. The summed E-state index contributed by atoms with van der Waals surface area (Å²) in [7, 11) is 0. The highest BCUT2D eigenvalue weighted by molar-refractivity contribution is 6.30. The molecule has 3 heteroatoms. The number of halogens is 1. The third-order valence-corrected chi connectivity index (χ3v) is 2.86. The first-order valence-electron chi connectivity index (χ1n) is 4.67. The number of nitrogens with zero attached hydrogens (tertiary/aromatic N) is 1. The van der Waals surface area contributed by atoms with Crippen molar-refractivity contribution in [3.63, 3.8) is 0 Å². The highest BCUT2D eigenvalue weighted by Crippen LogP contribution is 2.40. The molecular formula is C11H11ClN2. The minimum Gasteiger partial charge on any atom is -0.324 e. The van der Waals surface area contributed by atoms with Gasteiger partial charge in [-0.3, -0.25) is 0 Å².